The zero-order valence-corrected chi connectivity index (χ0v) is 8.38. The average Bonchev–Trinajstić information content (AvgIpc) is 2.68. The van der Waals surface area contributed by atoms with Gasteiger partial charge in [-0.3, -0.25) is 0 Å². The summed E-state index contributed by atoms with van der Waals surface area (Å²) in [4.78, 5) is 0. The van der Waals surface area contributed by atoms with E-state index in [0.717, 1.165) is 4.68 Å². The number of oxime groups is 1. The molecule has 1 aromatic heterocycles. The summed E-state index contributed by atoms with van der Waals surface area (Å²) in [5.74, 6) is -0.653. The Morgan fingerprint density at radius 1 is 1.62 bits per heavy atom. The molecule has 0 saturated carbocycles. The lowest BCUT2D eigenvalue weighted by atomic mass is 10.2. The van der Waals surface area contributed by atoms with Crippen molar-refractivity contribution in [3.8, 4) is 5.88 Å². The molecule has 6 nitrogen and oxygen atoms in total. The molecule has 2 aromatic rings. The van der Waals surface area contributed by atoms with Gasteiger partial charge < -0.3 is 15.7 Å². The molecule has 0 aliphatic rings. The van der Waals surface area contributed by atoms with Gasteiger partial charge in [0.25, 0.3) is 5.96 Å². The van der Waals surface area contributed by atoms with Crippen LogP contribution in [0.5, 0.6) is 5.88 Å². The van der Waals surface area contributed by atoms with Crippen molar-refractivity contribution in [2.24, 2.45) is 10.9 Å². The summed E-state index contributed by atoms with van der Waals surface area (Å²) in [5.41, 5.74) is 5.48. The van der Waals surface area contributed by atoms with E-state index in [1.54, 1.807) is 6.07 Å². The van der Waals surface area contributed by atoms with Gasteiger partial charge in [0, 0.05) is 0 Å². The Balaban J connectivity index is 2.85. The smallest absolute Gasteiger partial charge is 0.258 e. The standard InChI is InChI=1S/C9H9FN4O2/c1-16-8-5-3-2-4-6(10)7(5)14(12-8)9(11)13-15/h2-4,15H,1H3,(H2,11,13). The molecule has 0 atom stereocenters. The number of benzene rings is 1. The first-order chi connectivity index (χ1) is 7.69. The molecule has 0 aliphatic heterocycles. The van der Waals surface area contributed by atoms with Crippen LogP contribution in [0.4, 0.5) is 4.39 Å². The van der Waals surface area contributed by atoms with E-state index in [-0.39, 0.29) is 17.4 Å². The molecule has 0 spiro atoms. The summed E-state index contributed by atoms with van der Waals surface area (Å²) in [6.07, 6.45) is 0. The number of methoxy groups -OCH3 is 1. The first-order valence-corrected chi connectivity index (χ1v) is 4.38. The monoisotopic (exact) mass is 224 g/mol. The summed E-state index contributed by atoms with van der Waals surface area (Å²) in [5, 5.41) is 15.7. The lowest BCUT2D eigenvalue weighted by molar-refractivity contribution is 0.315. The van der Waals surface area contributed by atoms with E-state index in [0.29, 0.717) is 5.39 Å². The van der Waals surface area contributed by atoms with Gasteiger partial charge in [-0.05, 0) is 17.3 Å². The second-order valence-electron chi connectivity index (χ2n) is 3.02. The molecule has 0 unspecified atom stereocenters. The van der Waals surface area contributed by atoms with E-state index < -0.39 is 5.82 Å². The van der Waals surface area contributed by atoms with Gasteiger partial charge in [-0.25, -0.2) is 4.39 Å². The molecule has 1 aromatic carbocycles. The summed E-state index contributed by atoms with van der Waals surface area (Å²) < 4.78 is 19.5. The van der Waals surface area contributed by atoms with Gasteiger partial charge in [-0.15, -0.1) is 5.10 Å². The van der Waals surface area contributed by atoms with Crippen molar-refractivity contribution in [3.05, 3.63) is 24.0 Å². The van der Waals surface area contributed by atoms with Crippen LogP contribution in [-0.2, 0) is 0 Å². The summed E-state index contributed by atoms with van der Waals surface area (Å²) in [6.45, 7) is 0. The van der Waals surface area contributed by atoms with Crippen LogP contribution in [-0.4, -0.2) is 28.1 Å². The van der Waals surface area contributed by atoms with Crippen LogP contribution in [0.2, 0.25) is 0 Å². The lowest BCUT2D eigenvalue weighted by Gasteiger charge is -1.99. The number of hydrogen-bond donors (Lipinski definition) is 2. The van der Waals surface area contributed by atoms with Gasteiger partial charge in [-0.2, -0.15) is 4.68 Å². The van der Waals surface area contributed by atoms with E-state index in [1.165, 1.54) is 19.2 Å². The third-order valence-electron chi connectivity index (χ3n) is 2.13. The quantitative estimate of drug-likeness (QED) is 0.323. The van der Waals surface area contributed by atoms with Crippen molar-refractivity contribution < 1.29 is 14.3 Å². The highest BCUT2D eigenvalue weighted by molar-refractivity contribution is 5.94. The molecule has 0 aliphatic carbocycles. The molecule has 0 amide bonds. The van der Waals surface area contributed by atoms with Crippen molar-refractivity contribution in [3.63, 3.8) is 0 Å². The van der Waals surface area contributed by atoms with Crippen molar-refractivity contribution in [2.45, 2.75) is 0 Å². The Morgan fingerprint density at radius 2 is 2.38 bits per heavy atom. The van der Waals surface area contributed by atoms with Gasteiger partial charge in [-0.1, -0.05) is 6.07 Å². The molecule has 0 bridgehead atoms. The maximum atomic E-state index is 13.6. The number of halogens is 1. The fourth-order valence-electron chi connectivity index (χ4n) is 1.46. The number of nitrogens with zero attached hydrogens (tertiary/aromatic N) is 3. The number of nitrogens with two attached hydrogens (primary N) is 1. The number of hydrogen-bond acceptors (Lipinski definition) is 4. The van der Waals surface area contributed by atoms with Crippen molar-refractivity contribution in [1.29, 1.82) is 0 Å². The van der Waals surface area contributed by atoms with Gasteiger partial charge >= 0.3 is 0 Å². The Morgan fingerprint density at radius 3 is 3.00 bits per heavy atom. The number of ether oxygens (including phenoxy) is 1. The minimum atomic E-state index is -0.528. The largest absolute Gasteiger partial charge is 0.479 e. The molecule has 2 rings (SSSR count). The fraction of sp³-hybridized carbons (Fsp3) is 0.111. The van der Waals surface area contributed by atoms with Gasteiger partial charge in [0.05, 0.1) is 12.5 Å². The van der Waals surface area contributed by atoms with Crippen molar-refractivity contribution in [2.75, 3.05) is 7.11 Å². The topological polar surface area (TPSA) is 85.7 Å². The van der Waals surface area contributed by atoms with Crippen LogP contribution in [0.25, 0.3) is 10.9 Å². The Hall–Kier alpha value is -2.31. The molecular formula is C9H9FN4O2. The number of para-hydroxylation sites is 1. The number of rotatable bonds is 1. The maximum absolute atomic E-state index is 13.6. The van der Waals surface area contributed by atoms with E-state index in [9.17, 15) is 4.39 Å². The van der Waals surface area contributed by atoms with Crippen molar-refractivity contribution in [1.82, 2.24) is 9.78 Å². The lowest BCUT2D eigenvalue weighted by Crippen LogP contribution is -2.23. The zero-order chi connectivity index (χ0) is 11.7. The fourth-order valence-corrected chi connectivity index (χ4v) is 1.46. The van der Waals surface area contributed by atoms with E-state index in [1.807, 2.05) is 0 Å². The first kappa shape index (κ1) is 10.2. The molecular weight excluding hydrogens is 215 g/mol. The third kappa shape index (κ3) is 1.33. The molecule has 84 valence electrons. The van der Waals surface area contributed by atoms with Crippen molar-refractivity contribution >= 4 is 16.9 Å². The molecule has 16 heavy (non-hydrogen) atoms. The van der Waals surface area contributed by atoms with Gasteiger partial charge in [0.2, 0.25) is 5.88 Å². The van der Waals surface area contributed by atoms with Crippen LogP contribution in [0.3, 0.4) is 0 Å². The minimum absolute atomic E-state index is 0.106. The average molecular weight is 224 g/mol. The summed E-state index contributed by atoms with van der Waals surface area (Å²) in [6, 6.07) is 4.41. The normalized spacial score (nSPS) is 12.0. The second kappa shape index (κ2) is 3.69. The Labute approximate surface area is 89.7 Å². The van der Waals surface area contributed by atoms with Crippen LogP contribution in [0.15, 0.2) is 23.4 Å². The molecule has 0 saturated heterocycles. The third-order valence-corrected chi connectivity index (χ3v) is 2.13. The van der Waals surface area contributed by atoms with Gasteiger partial charge in [0.1, 0.15) is 11.3 Å². The summed E-state index contributed by atoms with van der Waals surface area (Å²) in [7, 11) is 1.41. The highest BCUT2D eigenvalue weighted by atomic mass is 19.1. The zero-order valence-electron chi connectivity index (χ0n) is 8.38. The summed E-state index contributed by atoms with van der Waals surface area (Å²) >= 11 is 0. The molecule has 0 fully saturated rings. The number of fused-ring (bicyclic) bond motifs is 1. The van der Waals surface area contributed by atoms with Crippen LogP contribution >= 0.6 is 0 Å². The first-order valence-electron chi connectivity index (χ1n) is 4.38. The SMILES string of the molecule is COc1nn(C(N)=NO)c2c(F)cccc12. The highest BCUT2D eigenvalue weighted by Crippen LogP contribution is 2.26. The highest BCUT2D eigenvalue weighted by Gasteiger charge is 2.16. The van der Waals surface area contributed by atoms with Gasteiger partial charge in [0.15, 0.2) is 0 Å². The predicted molar refractivity (Wildman–Crippen MR) is 55.0 cm³/mol. The van der Waals surface area contributed by atoms with E-state index in [4.69, 9.17) is 15.7 Å². The molecule has 3 N–H and O–H groups in total. The predicted octanol–water partition coefficient (Wildman–Crippen LogP) is 0.736. The van der Waals surface area contributed by atoms with E-state index >= 15 is 0 Å². The Kier molecular flexibility index (Phi) is 2.35. The second-order valence-corrected chi connectivity index (χ2v) is 3.02. The molecule has 1 heterocycles. The molecule has 7 heteroatoms. The van der Waals surface area contributed by atoms with Crippen LogP contribution in [0.1, 0.15) is 0 Å². The van der Waals surface area contributed by atoms with E-state index in [2.05, 4.69) is 10.3 Å². The molecule has 0 radical (unpaired) electrons. The Bertz CT molecular complexity index is 564. The maximum Gasteiger partial charge on any atom is 0.258 e. The van der Waals surface area contributed by atoms with Crippen LogP contribution in [0, 0.1) is 5.82 Å². The van der Waals surface area contributed by atoms with Crippen LogP contribution < -0.4 is 10.5 Å². The minimum Gasteiger partial charge on any atom is -0.479 e. The number of aromatic nitrogens is 2.